The van der Waals surface area contributed by atoms with Gasteiger partial charge in [-0.3, -0.25) is 0 Å². The number of hydrogen-bond acceptors (Lipinski definition) is 4. The smallest absolute Gasteiger partial charge is 0.151 e. The van der Waals surface area contributed by atoms with Crippen molar-refractivity contribution >= 4 is 17.3 Å². The minimum atomic E-state index is 0.547. The lowest BCUT2D eigenvalue weighted by atomic mass is 10.0. The van der Waals surface area contributed by atoms with E-state index in [1.54, 1.807) is 0 Å². The second-order valence-electron chi connectivity index (χ2n) is 6.51. The Morgan fingerprint density at radius 1 is 1.16 bits per heavy atom. The Bertz CT molecular complexity index is 870. The lowest BCUT2D eigenvalue weighted by Gasteiger charge is -2.16. The Morgan fingerprint density at radius 2 is 1.92 bits per heavy atom. The van der Waals surface area contributed by atoms with E-state index in [0.717, 1.165) is 29.2 Å². The molecule has 0 amide bonds. The van der Waals surface area contributed by atoms with Gasteiger partial charge in [0.05, 0.1) is 5.56 Å². The number of benzene rings is 1. The van der Waals surface area contributed by atoms with Crippen LogP contribution in [0.3, 0.4) is 0 Å². The molecule has 4 nitrogen and oxygen atoms in total. The molecule has 1 atom stereocenters. The molecule has 1 aliphatic carbocycles. The lowest BCUT2D eigenvalue weighted by Crippen LogP contribution is -2.08. The highest BCUT2D eigenvalue weighted by Crippen LogP contribution is 2.25. The first-order valence-corrected chi connectivity index (χ1v) is 8.46. The van der Waals surface area contributed by atoms with Gasteiger partial charge in [-0.25, -0.2) is 4.98 Å². The van der Waals surface area contributed by atoms with E-state index in [2.05, 4.69) is 59.8 Å². The Balaban J connectivity index is 1.88. The van der Waals surface area contributed by atoms with Crippen LogP contribution >= 0.6 is 0 Å². The molecule has 126 valence electrons. The van der Waals surface area contributed by atoms with E-state index in [9.17, 15) is 5.26 Å². The number of allylic oxidation sites excluding steroid dienone is 3. The first kappa shape index (κ1) is 16.8. The maximum absolute atomic E-state index is 9.49. The SMILES string of the molecule is Cc1ccc(Nc2cc(C)c(C#N)c(NC3=CCC(C)C=C3)n2)cc1. The summed E-state index contributed by atoms with van der Waals surface area (Å²) in [5, 5.41) is 16.1. The normalized spacial score (nSPS) is 16.1. The van der Waals surface area contributed by atoms with Gasteiger partial charge in [0.1, 0.15) is 11.9 Å². The Labute approximate surface area is 148 Å². The van der Waals surface area contributed by atoms with Gasteiger partial charge in [0.25, 0.3) is 0 Å². The molecule has 1 aromatic carbocycles. The van der Waals surface area contributed by atoms with Crippen LogP contribution in [0.4, 0.5) is 17.3 Å². The van der Waals surface area contributed by atoms with Crippen LogP contribution < -0.4 is 10.6 Å². The van der Waals surface area contributed by atoms with Gasteiger partial charge in [-0.2, -0.15) is 5.26 Å². The number of rotatable bonds is 4. The molecule has 1 heterocycles. The Kier molecular flexibility index (Phi) is 4.85. The largest absolute Gasteiger partial charge is 0.340 e. The fraction of sp³-hybridized carbons (Fsp3) is 0.238. The summed E-state index contributed by atoms with van der Waals surface area (Å²) in [5.41, 5.74) is 4.63. The fourth-order valence-corrected chi connectivity index (χ4v) is 2.71. The number of aryl methyl sites for hydroxylation is 2. The van der Waals surface area contributed by atoms with Gasteiger partial charge >= 0.3 is 0 Å². The molecule has 1 unspecified atom stereocenters. The zero-order valence-corrected chi connectivity index (χ0v) is 14.8. The van der Waals surface area contributed by atoms with Crippen molar-refractivity contribution in [2.24, 2.45) is 5.92 Å². The van der Waals surface area contributed by atoms with E-state index < -0.39 is 0 Å². The zero-order valence-electron chi connectivity index (χ0n) is 14.8. The van der Waals surface area contributed by atoms with Crippen LogP contribution in [0.25, 0.3) is 0 Å². The van der Waals surface area contributed by atoms with E-state index >= 15 is 0 Å². The second-order valence-corrected chi connectivity index (χ2v) is 6.51. The highest BCUT2D eigenvalue weighted by Gasteiger charge is 2.12. The maximum atomic E-state index is 9.49. The predicted octanol–water partition coefficient (Wildman–Crippen LogP) is 5.21. The molecule has 0 spiro atoms. The molecule has 2 N–H and O–H groups in total. The molecule has 0 bridgehead atoms. The number of aromatic nitrogens is 1. The summed E-state index contributed by atoms with van der Waals surface area (Å²) in [5.74, 6) is 1.85. The summed E-state index contributed by atoms with van der Waals surface area (Å²) in [4.78, 5) is 4.62. The Morgan fingerprint density at radius 3 is 2.56 bits per heavy atom. The lowest BCUT2D eigenvalue weighted by molar-refractivity contribution is 0.731. The summed E-state index contributed by atoms with van der Waals surface area (Å²) in [6.07, 6.45) is 7.34. The van der Waals surface area contributed by atoms with Crippen LogP contribution in [-0.2, 0) is 0 Å². The third-order valence-corrected chi connectivity index (χ3v) is 4.23. The molecule has 2 aromatic rings. The first-order valence-electron chi connectivity index (χ1n) is 8.46. The van der Waals surface area contributed by atoms with Crippen LogP contribution in [0.1, 0.15) is 30.0 Å². The van der Waals surface area contributed by atoms with Gasteiger partial charge in [-0.05, 0) is 56.0 Å². The molecule has 1 aromatic heterocycles. The van der Waals surface area contributed by atoms with Gasteiger partial charge in [-0.15, -0.1) is 0 Å². The summed E-state index contributed by atoms with van der Waals surface area (Å²) >= 11 is 0. The molecular formula is C21H22N4. The van der Waals surface area contributed by atoms with Gasteiger partial charge in [-0.1, -0.05) is 36.8 Å². The van der Waals surface area contributed by atoms with E-state index in [4.69, 9.17) is 0 Å². The van der Waals surface area contributed by atoms with Crippen LogP contribution in [-0.4, -0.2) is 4.98 Å². The minimum absolute atomic E-state index is 0.547. The van der Waals surface area contributed by atoms with E-state index in [1.807, 2.05) is 31.2 Å². The van der Waals surface area contributed by atoms with Crippen LogP contribution in [0.5, 0.6) is 0 Å². The van der Waals surface area contributed by atoms with Crippen molar-refractivity contribution in [2.75, 3.05) is 10.6 Å². The van der Waals surface area contributed by atoms with Gasteiger partial charge in [0.2, 0.25) is 0 Å². The van der Waals surface area contributed by atoms with E-state index in [0.29, 0.717) is 17.3 Å². The number of pyridine rings is 1. The van der Waals surface area contributed by atoms with Crippen molar-refractivity contribution in [1.82, 2.24) is 4.98 Å². The highest BCUT2D eigenvalue weighted by atomic mass is 15.1. The van der Waals surface area contributed by atoms with Crippen molar-refractivity contribution in [1.29, 1.82) is 5.26 Å². The molecule has 3 rings (SSSR count). The predicted molar refractivity (Wildman–Crippen MR) is 103 cm³/mol. The second kappa shape index (κ2) is 7.23. The van der Waals surface area contributed by atoms with Crippen molar-refractivity contribution in [3.8, 4) is 6.07 Å². The third kappa shape index (κ3) is 4.07. The van der Waals surface area contributed by atoms with Crippen LogP contribution in [0, 0.1) is 31.1 Å². The number of nitriles is 1. The van der Waals surface area contributed by atoms with E-state index in [-0.39, 0.29) is 0 Å². The van der Waals surface area contributed by atoms with Crippen molar-refractivity contribution < 1.29 is 0 Å². The molecule has 0 radical (unpaired) electrons. The zero-order chi connectivity index (χ0) is 17.8. The monoisotopic (exact) mass is 330 g/mol. The van der Waals surface area contributed by atoms with Crippen molar-refractivity contribution in [3.05, 3.63) is 70.9 Å². The van der Waals surface area contributed by atoms with E-state index in [1.165, 1.54) is 5.56 Å². The van der Waals surface area contributed by atoms with Gasteiger partial charge < -0.3 is 10.6 Å². The van der Waals surface area contributed by atoms with Crippen LogP contribution in [0.2, 0.25) is 0 Å². The first-order chi connectivity index (χ1) is 12.0. The maximum Gasteiger partial charge on any atom is 0.151 e. The molecule has 0 saturated heterocycles. The summed E-state index contributed by atoms with van der Waals surface area (Å²) in [6, 6.07) is 12.3. The Hall–Kier alpha value is -3.06. The molecule has 0 saturated carbocycles. The number of hydrogen-bond donors (Lipinski definition) is 2. The summed E-state index contributed by atoms with van der Waals surface area (Å²) in [7, 11) is 0. The average Bonchev–Trinajstić information content (AvgIpc) is 2.59. The third-order valence-electron chi connectivity index (χ3n) is 4.23. The van der Waals surface area contributed by atoms with Gasteiger partial charge in [0.15, 0.2) is 5.82 Å². The highest BCUT2D eigenvalue weighted by molar-refractivity contribution is 5.66. The van der Waals surface area contributed by atoms with Crippen LogP contribution in [0.15, 0.2) is 54.3 Å². The molecule has 25 heavy (non-hydrogen) atoms. The number of nitrogens with zero attached hydrogens (tertiary/aromatic N) is 2. The molecule has 1 aliphatic rings. The average molecular weight is 330 g/mol. The van der Waals surface area contributed by atoms with Crippen molar-refractivity contribution in [2.45, 2.75) is 27.2 Å². The summed E-state index contributed by atoms with van der Waals surface area (Å²) in [6.45, 7) is 6.17. The molecule has 4 heteroatoms. The quantitative estimate of drug-likeness (QED) is 0.808. The van der Waals surface area contributed by atoms with Gasteiger partial charge in [0, 0.05) is 11.4 Å². The fourth-order valence-electron chi connectivity index (χ4n) is 2.71. The minimum Gasteiger partial charge on any atom is -0.340 e. The number of anilines is 3. The standard InChI is InChI=1S/C21H22N4/c1-14-4-8-17(9-5-14)23-20-12-16(3)19(13-22)21(25-20)24-18-10-6-15(2)7-11-18/h4-6,8-12,15H,7H2,1-3H3,(H2,23,24,25). The van der Waals surface area contributed by atoms with Crippen molar-refractivity contribution in [3.63, 3.8) is 0 Å². The molecular weight excluding hydrogens is 308 g/mol. The molecule has 0 aliphatic heterocycles. The number of nitrogens with one attached hydrogen (secondary N) is 2. The summed E-state index contributed by atoms with van der Waals surface area (Å²) < 4.78 is 0. The topological polar surface area (TPSA) is 60.7 Å². The molecule has 0 fully saturated rings.